The third-order valence-corrected chi connectivity index (χ3v) is 5.03. The topological polar surface area (TPSA) is 92.6 Å². The van der Waals surface area contributed by atoms with E-state index in [-0.39, 0.29) is 11.9 Å². The molecule has 1 saturated heterocycles. The number of aromatic amines is 1. The quantitative estimate of drug-likeness (QED) is 0.780. The van der Waals surface area contributed by atoms with E-state index in [1.807, 2.05) is 21.8 Å². The second kappa shape index (κ2) is 6.52. The molecule has 124 valence electrons. The van der Waals surface area contributed by atoms with Gasteiger partial charge in [-0.15, -0.1) is 11.3 Å². The average Bonchev–Trinajstić information content (AvgIpc) is 3.35. The third-order valence-electron chi connectivity index (χ3n) is 4.19. The van der Waals surface area contributed by atoms with Crippen molar-refractivity contribution in [2.75, 3.05) is 6.54 Å². The summed E-state index contributed by atoms with van der Waals surface area (Å²) in [7, 11) is 0. The Labute approximate surface area is 142 Å². The molecule has 0 aliphatic carbocycles. The standard InChI is InChI=1S/C15H17N7OS/c23-15(12-9-24-14(19-12)13-16-10-17-20-13)22-7-2-1-4-11(22)8-21-6-3-5-18-21/h3,5-6,9-11H,1-2,4,7-8H2,(H,16,17,20)/t11-/m1/s1. The number of H-pyrrole nitrogens is 1. The number of piperidine rings is 1. The number of nitrogens with zero attached hydrogens (tertiary/aromatic N) is 6. The number of likely N-dealkylation sites (tertiary alicyclic amines) is 1. The molecule has 0 aromatic carbocycles. The van der Waals surface area contributed by atoms with Crippen molar-refractivity contribution >= 4 is 17.2 Å². The molecule has 1 aliphatic heterocycles. The SMILES string of the molecule is O=C(c1csc(-c2ncn[nH]2)n1)N1CCCC[C@@H]1Cn1cccn1. The summed E-state index contributed by atoms with van der Waals surface area (Å²) in [4.78, 5) is 23.4. The Balaban J connectivity index is 1.53. The maximum Gasteiger partial charge on any atom is 0.273 e. The van der Waals surface area contributed by atoms with Crippen molar-refractivity contribution in [3.63, 3.8) is 0 Å². The highest BCUT2D eigenvalue weighted by Gasteiger charge is 2.29. The first-order valence-electron chi connectivity index (χ1n) is 7.91. The summed E-state index contributed by atoms with van der Waals surface area (Å²) in [6, 6.07) is 2.06. The maximum atomic E-state index is 12.9. The molecule has 1 N–H and O–H groups in total. The largest absolute Gasteiger partial charge is 0.332 e. The number of hydrogen-bond donors (Lipinski definition) is 1. The van der Waals surface area contributed by atoms with Crippen molar-refractivity contribution < 1.29 is 4.79 Å². The molecule has 9 heteroatoms. The minimum Gasteiger partial charge on any atom is -0.332 e. The van der Waals surface area contributed by atoms with E-state index >= 15 is 0 Å². The highest BCUT2D eigenvalue weighted by atomic mass is 32.1. The van der Waals surface area contributed by atoms with Gasteiger partial charge in [-0.25, -0.2) is 9.97 Å². The molecule has 0 bridgehead atoms. The van der Waals surface area contributed by atoms with Crippen LogP contribution >= 0.6 is 11.3 Å². The lowest BCUT2D eigenvalue weighted by Crippen LogP contribution is -2.46. The normalized spacial score (nSPS) is 18.0. The Bertz CT molecular complexity index is 796. The van der Waals surface area contributed by atoms with Gasteiger partial charge in [0.05, 0.1) is 12.6 Å². The van der Waals surface area contributed by atoms with Gasteiger partial charge in [-0.3, -0.25) is 14.6 Å². The van der Waals surface area contributed by atoms with Crippen LogP contribution in [-0.2, 0) is 6.54 Å². The van der Waals surface area contributed by atoms with Crippen molar-refractivity contribution in [2.45, 2.75) is 31.8 Å². The molecular weight excluding hydrogens is 326 g/mol. The van der Waals surface area contributed by atoms with Gasteiger partial charge in [0.15, 0.2) is 10.8 Å². The lowest BCUT2D eigenvalue weighted by Gasteiger charge is -2.35. The zero-order valence-electron chi connectivity index (χ0n) is 13.0. The van der Waals surface area contributed by atoms with Crippen LogP contribution in [0.2, 0.25) is 0 Å². The highest BCUT2D eigenvalue weighted by Crippen LogP contribution is 2.24. The predicted octanol–water partition coefficient (Wildman–Crippen LogP) is 1.82. The summed E-state index contributed by atoms with van der Waals surface area (Å²) in [6.45, 7) is 1.48. The number of hydrogen-bond acceptors (Lipinski definition) is 6. The van der Waals surface area contributed by atoms with Crippen molar-refractivity contribution in [1.82, 2.24) is 34.8 Å². The molecule has 3 aromatic rings. The van der Waals surface area contributed by atoms with Crippen LogP contribution in [0.25, 0.3) is 10.8 Å². The highest BCUT2D eigenvalue weighted by molar-refractivity contribution is 7.13. The van der Waals surface area contributed by atoms with E-state index in [1.54, 1.807) is 11.6 Å². The fourth-order valence-corrected chi connectivity index (χ4v) is 3.76. The van der Waals surface area contributed by atoms with Crippen molar-refractivity contribution in [2.24, 2.45) is 0 Å². The molecule has 3 aromatic heterocycles. The Hall–Kier alpha value is -2.55. The maximum absolute atomic E-state index is 12.9. The van der Waals surface area contributed by atoms with Gasteiger partial charge in [-0.05, 0) is 25.3 Å². The van der Waals surface area contributed by atoms with E-state index in [0.717, 1.165) is 32.4 Å². The van der Waals surface area contributed by atoms with Gasteiger partial charge in [0.1, 0.15) is 12.0 Å². The molecular formula is C15H17N7OS. The zero-order valence-corrected chi connectivity index (χ0v) is 13.8. The second-order valence-electron chi connectivity index (χ2n) is 5.75. The molecule has 1 aliphatic rings. The Morgan fingerprint density at radius 1 is 1.42 bits per heavy atom. The van der Waals surface area contributed by atoms with Crippen LogP contribution in [0.15, 0.2) is 30.2 Å². The van der Waals surface area contributed by atoms with Crippen LogP contribution < -0.4 is 0 Å². The first kappa shape index (κ1) is 15.0. The van der Waals surface area contributed by atoms with E-state index < -0.39 is 0 Å². The number of thiazole rings is 1. The van der Waals surface area contributed by atoms with Gasteiger partial charge in [0.2, 0.25) is 0 Å². The molecule has 4 heterocycles. The minimum atomic E-state index is -0.0196. The molecule has 8 nitrogen and oxygen atoms in total. The van der Waals surface area contributed by atoms with Gasteiger partial charge in [0, 0.05) is 24.3 Å². The van der Waals surface area contributed by atoms with E-state index in [2.05, 4.69) is 25.3 Å². The summed E-state index contributed by atoms with van der Waals surface area (Å²) >= 11 is 1.40. The molecule has 24 heavy (non-hydrogen) atoms. The summed E-state index contributed by atoms with van der Waals surface area (Å²) in [5.74, 6) is 0.569. The van der Waals surface area contributed by atoms with Gasteiger partial charge in [-0.2, -0.15) is 10.2 Å². The third kappa shape index (κ3) is 2.94. The van der Waals surface area contributed by atoms with Crippen LogP contribution in [0, 0.1) is 0 Å². The lowest BCUT2D eigenvalue weighted by atomic mass is 10.0. The van der Waals surface area contributed by atoms with Crippen LogP contribution in [0.5, 0.6) is 0 Å². The summed E-state index contributed by atoms with van der Waals surface area (Å²) in [6.07, 6.45) is 8.28. The number of carbonyl (C=O) groups excluding carboxylic acids is 1. The fraction of sp³-hybridized carbons (Fsp3) is 0.400. The number of aromatic nitrogens is 6. The predicted molar refractivity (Wildman–Crippen MR) is 88.4 cm³/mol. The van der Waals surface area contributed by atoms with Gasteiger partial charge < -0.3 is 4.90 Å². The number of amides is 1. The smallest absolute Gasteiger partial charge is 0.273 e. The summed E-state index contributed by atoms with van der Waals surface area (Å²) in [5, 5.41) is 13.3. The molecule has 4 rings (SSSR count). The van der Waals surface area contributed by atoms with E-state index in [1.165, 1.54) is 17.7 Å². The molecule has 0 unspecified atom stereocenters. The minimum absolute atomic E-state index is 0.0196. The van der Waals surface area contributed by atoms with Crippen molar-refractivity contribution in [1.29, 1.82) is 0 Å². The van der Waals surface area contributed by atoms with Crippen molar-refractivity contribution in [3.05, 3.63) is 35.9 Å². The Morgan fingerprint density at radius 3 is 3.17 bits per heavy atom. The zero-order chi connectivity index (χ0) is 16.4. The lowest BCUT2D eigenvalue weighted by molar-refractivity contribution is 0.0579. The molecule has 1 atom stereocenters. The Kier molecular flexibility index (Phi) is 4.08. The first-order chi connectivity index (χ1) is 11.8. The second-order valence-corrected chi connectivity index (χ2v) is 6.61. The molecule has 1 amide bonds. The Morgan fingerprint density at radius 2 is 2.38 bits per heavy atom. The molecule has 0 spiro atoms. The van der Waals surface area contributed by atoms with Crippen LogP contribution in [0.4, 0.5) is 0 Å². The molecule has 0 saturated carbocycles. The number of rotatable bonds is 4. The van der Waals surface area contributed by atoms with Crippen LogP contribution in [-0.4, -0.2) is 53.3 Å². The van der Waals surface area contributed by atoms with Gasteiger partial charge >= 0.3 is 0 Å². The monoisotopic (exact) mass is 343 g/mol. The molecule has 1 fully saturated rings. The average molecular weight is 343 g/mol. The fourth-order valence-electron chi connectivity index (χ4n) is 3.02. The van der Waals surface area contributed by atoms with E-state index in [0.29, 0.717) is 16.5 Å². The van der Waals surface area contributed by atoms with Crippen LogP contribution in [0.3, 0.4) is 0 Å². The summed E-state index contributed by atoms with van der Waals surface area (Å²) in [5.41, 5.74) is 0.471. The first-order valence-corrected chi connectivity index (χ1v) is 8.79. The number of nitrogens with one attached hydrogen (secondary N) is 1. The molecule has 0 radical (unpaired) electrons. The van der Waals surface area contributed by atoms with E-state index in [4.69, 9.17) is 0 Å². The van der Waals surface area contributed by atoms with Gasteiger partial charge in [0.25, 0.3) is 5.91 Å². The van der Waals surface area contributed by atoms with Crippen LogP contribution in [0.1, 0.15) is 29.8 Å². The summed E-state index contributed by atoms with van der Waals surface area (Å²) < 4.78 is 1.89. The number of carbonyl (C=O) groups is 1. The van der Waals surface area contributed by atoms with Gasteiger partial charge in [-0.1, -0.05) is 0 Å². The van der Waals surface area contributed by atoms with E-state index in [9.17, 15) is 4.79 Å². The van der Waals surface area contributed by atoms with Crippen molar-refractivity contribution in [3.8, 4) is 10.8 Å².